The maximum atomic E-state index is 12.2. The fourth-order valence-electron chi connectivity index (χ4n) is 2.27. The third kappa shape index (κ3) is 4.24. The fraction of sp³-hybridized carbons (Fsp3) is 0.529. The molecule has 1 aromatic carbocycles. The Balaban J connectivity index is 2.06. The molecule has 0 bridgehead atoms. The summed E-state index contributed by atoms with van der Waals surface area (Å²) in [4.78, 5) is 17.6. The number of amides is 1. The molecule has 0 spiro atoms. The van der Waals surface area contributed by atoms with Gasteiger partial charge >= 0.3 is 0 Å². The third-order valence-electron chi connectivity index (χ3n) is 3.91. The van der Waals surface area contributed by atoms with Gasteiger partial charge in [-0.2, -0.15) is 5.10 Å². The van der Waals surface area contributed by atoms with E-state index < -0.39 is 5.41 Å². The first-order chi connectivity index (χ1) is 10.9. The van der Waals surface area contributed by atoms with E-state index in [1.54, 1.807) is 0 Å². The zero-order valence-electron chi connectivity index (χ0n) is 14.1. The lowest BCUT2D eigenvalue weighted by Gasteiger charge is -2.17. The molecule has 1 fully saturated rings. The van der Waals surface area contributed by atoms with E-state index in [4.69, 9.17) is 16.4 Å². The van der Waals surface area contributed by atoms with E-state index in [0.29, 0.717) is 18.2 Å². The van der Waals surface area contributed by atoms with Crippen LogP contribution in [0.1, 0.15) is 46.1 Å². The molecular weight excluding hydrogens is 314 g/mol. The van der Waals surface area contributed by atoms with E-state index in [-0.39, 0.29) is 5.91 Å². The first-order valence-electron chi connectivity index (χ1n) is 7.92. The van der Waals surface area contributed by atoms with Crippen LogP contribution >= 0.6 is 11.6 Å². The molecule has 5 nitrogen and oxygen atoms in total. The normalized spacial score (nSPS) is 16.6. The summed E-state index contributed by atoms with van der Waals surface area (Å²) < 4.78 is 0. The van der Waals surface area contributed by atoms with Crippen LogP contribution in [0, 0.1) is 5.41 Å². The number of hydrogen-bond acceptors (Lipinski definition) is 4. The molecule has 1 N–H and O–H groups in total. The molecular formula is C17H24ClN3O2. The second-order valence-electron chi connectivity index (χ2n) is 6.30. The standard InChI is InChI=1S/C17H24ClN3O2/c1-5-13(6-2)19-20-14-8-7-12(15(18)9-14)10-21-16(22)17(3,4)11-23-21/h7-9,20H,5-6,10-11H2,1-4H3. The number of hydrogen-bond donors (Lipinski definition) is 1. The molecule has 0 radical (unpaired) electrons. The highest BCUT2D eigenvalue weighted by atomic mass is 35.5. The molecule has 1 amide bonds. The Hall–Kier alpha value is -1.59. The minimum atomic E-state index is -0.473. The quantitative estimate of drug-likeness (QED) is 0.624. The van der Waals surface area contributed by atoms with Gasteiger partial charge in [0.15, 0.2) is 0 Å². The smallest absolute Gasteiger partial charge is 0.254 e. The molecule has 1 aliphatic rings. The van der Waals surface area contributed by atoms with Crippen molar-refractivity contribution >= 4 is 28.9 Å². The van der Waals surface area contributed by atoms with Crippen LogP contribution in [0.4, 0.5) is 5.69 Å². The van der Waals surface area contributed by atoms with Gasteiger partial charge in [-0.15, -0.1) is 0 Å². The van der Waals surface area contributed by atoms with E-state index in [9.17, 15) is 4.79 Å². The molecule has 1 heterocycles. The van der Waals surface area contributed by atoms with Gasteiger partial charge in [-0.3, -0.25) is 15.1 Å². The van der Waals surface area contributed by atoms with Crippen LogP contribution in [-0.4, -0.2) is 23.3 Å². The van der Waals surface area contributed by atoms with Crippen LogP contribution in [-0.2, 0) is 16.2 Å². The highest BCUT2D eigenvalue weighted by Crippen LogP contribution is 2.30. The Morgan fingerprint density at radius 2 is 2.09 bits per heavy atom. The molecule has 1 aliphatic heterocycles. The van der Waals surface area contributed by atoms with Gasteiger partial charge in [0.1, 0.15) is 0 Å². The van der Waals surface area contributed by atoms with Crippen molar-refractivity contribution in [3.8, 4) is 0 Å². The van der Waals surface area contributed by atoms with E-state index in [1.807, 2.05) is 32.0 Å². The maximum Gasteiger partial charge on any atom is 0.254 e. The van der Waals surface area contributed by atoms with Crippen molar-refractivity contribution < 1.29 is 9.63 Å². The lowest BCUT2D eigenvalue weighted by atomic mass is 9.95. The van der Waals surface area contributed by atoms with E-state index >= 15 is 0 Å². The predicted octanol–water partition coefficient (Wildman–Crippen LogP) is 4.23. The molecule has 0 saturated carbocycles. The summed E-state index contributed by atoms with van der Waals surface area (Å²) in [5.74, 6) is -0.0177. The van der Waals surface area contributed by atoms with Gasteiger partial charge in [0, 0.05) is 10.7 Å². The number of carbonyl (C=O) groups excluding carboxylic acids is 1. The monoisotopic (exact) mass is 337 g/mol. The molecule has 23 heavy (non-hydrogen) atoms. The molecule has 1 saturated heterocycles. The van der Waals surface area contributed by atoms with Gasteiger partial charge in [0.2, 0.25) is 0 Å². The minimum Gasteiger partial charge on any atom is -0.279 e. The summed E-state index contributed by atoms with van der Waals surface area (Å²) >= 11 is 6.33. The molecule has 0 atom stereocenters. The molecule has 1 aromatic rings. The highest BCUT2D eigenvalue weighted by Gasteiger charge is 2.40. The lowest BCUT2D eigenvalue weighted by molar-refractivity contribution is -0.165. The van der Waals surface area contributed by atoms with Crippen molar-refractivity contribution in [3.05, 3.63) is 28.8 Å². The second-order valence-corrected chi connectivity index (χ2v) is 6.71. The van der Waals surface area contributed by atoms with Crippen LogP contribution in [0.3, 0.4) is 0 Å². The van der Waals surface area contributed by atoms with Gasteiger partial charge in [-0.1, -0.05) is 31.5 Å². The molecule has 0 aliphatic carbocycles. The average Bonchev–Trinajstić information content (AvgIpc) is 2.77. The summed E-state index contributed by atoms with van der Waals surface area (Å²) in [6.45, 7) is 8.65. The number of hydrazone groups is 1. The van der Waals surface area contributed by atoms with Crippen LogP contribution in [0.25, 0.3) is 0 Å². The number of nitrogens with one attached hydrogen (secondary N) is 1. The van der Waals surface area contributed by atoms with Crippen LogP contribution in [0.15, 0.2) is 23.3 Å². The van der Waals surface area contributed by atoms with Crippen molar-refractivity contribution in [1.29, 1.82) is 0 Å². The minimum absolute atomic E-state index is 0.0177. The number of carbonyl (C=O) groups is 1. The third-order valence-corrected chi connectivity index (χ3v) is 4.26. The maximum absolute atomic E-state index is 12.2. The van der Waals surface area contributed by atoms with Crippen molar-refractivity contribution in [2.75, 3.05) is 12.0 Å². The summed E-state index contributed by atoms with van der Waals surface area (Å²) in [6, 6.07) is 5.61. The number of nitrogens with zero attached hydrogens (tertiary/aromatic N) is 2. The average molecular weight is 338 g/mol. The number of halogens is 1. The molecule has 6 heteroatoms. The lowest BCUT2D eigenvalue weighted by Crippen LogP contribution is -2.30. The van der Waals surface area contributed by atoms with Gasteiger partial charge in [-0.05, 0) is 44.4 Å². The van der Waals surface area contributed by atoms with Gasteiger partial charge in [0.25, 0.3) is 5.91 Å². The van der Waals surface area contributed by atoms with Gasteiger partial charge < -0.3 is 0 Å². The molecule has 2 rings (SSSR count). The van der Waals surface area contributed by atoms with Crippen LogP contribution in [0.5, 0.6) is 0 Å². The summed E-state index contributed by atoms with van der Waals surface area (Å²) in [7, 11) is 0. The van der Waals surface area contributed by atoms with Gasteiger partial charge in [-0.25, -0.2) is 5.06 Å². The zero-order valence-corrected chi connectivity index (χ0v) is 14.9. The fourth-order valence-corrected chi connectivity index (χ4v) is 2.51. The molecule has 126 valence electrons. The summed E-state index contributed by atoms with van der Waals surface area (Å²) in [5, 5.41) is 6.33. The number of anilines is 1. The Bertz CT molecular complexity index is 608. The largest absolute Gasteiger partial charge is 0.279 e. The topological polar surface area (TPSA) is 53.9 Å². The molecule has 0 aromatic heterocycles. The van der Waals surface area contributed by atoms with Gasteiger partial charge in [0.05, 0.1) is 24.3 Å². The highest BCUT2D eigenvalue weighted by molar-refractivity contribution is 6.31. The Kier molecular flexibility index (Phi) is 5.65. The van der Waals surface area contributed by atoms with Crippen LogP contribution in [0.2, 0.25) is 5.02 Å². The first-order valence-corrected chi connectivity index (χ1v) is 8.30. The summed E-state index contributed by atoms with van der Waals surface area (Å²) in [6.07, 6.45) is 1.83. The first kappa shape index (κ1) is 17.8. The Morgan fingerprint density at radius 1 is 1.39 bits per heavy atom. The zero-order chi connectivity index (χ0) is 17.0. The van der Waals surface area contributed by atoms with E-state index in [1.165, 1.54) is 5.06 Å². The predicted molar refractivity (Wildman–Crippen MR) is 93.4 cm³/mol. The number of benzene rings is 1. The van der Waals surface area contributed by atoms with Crippen LogP contribution < -0.4 is 5.43 Å². The Morgan fingerprint density at radius 3 is 2.61 bits per heavy atom. The number of rotatable bonds is 6. The van der Waals surface area contributed by atoms with Crippen molar-refractivity contribution in [1.82, 2.24) is 5.06 Å². The number of hydroxylamine groups is 2. The van der Waals surface area contributed by atoms with E-state index in [2.05, 4.69) is 24.4 Å². The van der Waals surface area contributed by atoms with Crippen molar-refractivity contribution in [2.45, 2.75) is 47.1 Å². The summed E-state index contributed by atoms with van der Waals surface area (Å²) in [5.41, 5.74) is 5.32. The molecule has 0 unspecified atom stereocenters. The van der Waals surface area contributed by atoms with E-state index in [0.717, 1.165) is 29.8 Å². The SMILES string of the molecule is CCC(CC)=NNc1ccc(CN2OCC(C)(C)C2=O)c(Cl)c1. The second kappa shape index (κ2) is 7.32. The van der Waals surface area contributed by atoms with Crippen molar-refractivity contribution in [3.63, 3.8) is 0 Å². The van der Waals surface area contributed by atoms with Crippen molar-refractivity contribution in [2.24, 2.45) is 10.5 Å². The Labute approximate surface area is 142 Å².